The van der Waals surface area contributed by atoms with E-state index in [9.17, 15) is 0 Å². The summed E-state index contributed by atoms with van der Waals surface area (Å²) in [5, 5.41) is 0. The van der Waals surface area contributed by atoms with Crippen LogP contribution in [0.4, 0.5) is 0 Å². The summed E-state index contributed by atoms with van der Waals surface area (Å²) in [5.74, 6) is 0. The number of halogens is 2. The van der Waals surface area contributed by atoms with Crippen molar-refractivity contribution >= 4 is 37.5 Å². The lowest BCUT2D eigenvalue weighted by molar-refractivity contribution is 1.02. The van der Waals surface area contributed by atoms with E-state index < -0.39 is 0 Å². The lowest BCUT2D eigenvalue weighted by Crippen LogP contribution is -1.94. The molecule has 2 aromatic rings. The molecule has 0 amide bonds. The van der Waals surface area contributed by atoms with Crippen molar-refractivity contribution in [2.24, 2.45) is 0 Å². The Kier molecular flexibility index (Phi) is 1.92. The summed E-state index contributed by atoms with van der Waals surface area (Å²) < 4.78 is 3.65. The Hall–Kier alpha value is -0.420. The van der Waals surface area contributed by atoms with Gasteiger partial charge in [0, 0.05) is 12.4 Å². The van der Waals surface area contributed by atoms with E-state index >= 15 is 0 Å². The van der Waals surface area contributed by atoms with Crippen molar-refractivity contribution in [3.63, 3.8) is 0 Å². The van der Waals surface area contributed by atoms with Crippen LogP contribution >= 0.6 is 31.9 Å². The van der Waals surface area contributed by atoms with Crippen LogP contribution in [0, 0.1) is 6.92 Å². The third-order valence-corrected chi connectivity index (χ3v) is 3.09. The molecule has 5 heteroatoms. The Morgan fingerprint density at radius 2 is 2.17 bits per heavy atom. The quantitative estimate of drug-likeness (QED) is 0.746. The molecule has 0 N–H and O–H groups in total. The molecular formula is C7H5Br2N3. The van der Waals surface area contributed by atoms with E-state index in [1.807, 2.05) is 17.5 Å². The van der Waals surface area contributed by atoms with Crippen LogP contribution < -0.4 is 0 Å². The largest absolute Gasteiger partial charge is 0.290 e. The first-order valence-corrected chi connectivity index (χ1v) is 4.93. The zero-order chi connectivity index (χ0) is 8.72. The summed E-state index contributed by atoms with van der Waals surface area (Å²) in [6, 6.07) is 0. The Morgan fingerprint density at radius 3 is 2.92 bits per heavy atom. The minimum absolute atomic E-state index is 0.771. The first-order valence-electron chi connectivity index (χ1n) is 3.35. The van der Waals surface area contributed by atoms with Crippen molar-refractivity contribution in [3.8, 4) is 0 Å². The van der Waals surface area contributed by atoms with E-state index in [-0.39, 0.29) is 0 Å². The molecule has 0 bridgehead atoms. The molecule has 0 aliphatic heterocycles. The van der Waals surface area contributed by atoms with E-state index in [4.69, 9.17) is 0 Å². The minimum atomic E-state index is 0.771. The molecule has 62 valence electrons. The molecule has 0 saturated carbocycles. The fourth-order valence-electron chi connectivity index (χ4n) is 1.03. The van der Waals surface area contributed by atoms with Crippen molar-refractivity contribution < 1.29 is 0 Å². The minimum Gasteiger partial charge on any atom is -0.290 e. The fourth-order valence-corrected chi connectivity index (χ4v) is 1.97. The Bertz CT molecular complexity index is 435. The normalized spacial score (nSPS) is 10.9. The molecule has 0 aliphatic carbocycles. The van der Waals surface area contributed by atoms with Gasteiger partial charge in [-0.25, -0.2) is 9.97 Å². The average Bonchev–Trinajstić information content (AvgIpc) is 2.48. The van der Waals surface area contributed by atoms with Crippen LogP contribution in [0.25, 0.3) is 5.65 Å². The summed E-state index contributed by atoms with van der Waals surface area (Å²) in [4.78, 5) is 8.40. The van der Waals surface area contributed by atoms with Crippen LogP contribution in [0.1, 0.15) is 5.69 Å². The standard InChI is InChI=1S/C7H5Br2N3/c1-4-6(9)12-3-2-10-7(12)5(8)11-4/h2-3H,1H3. The van der Waals surface area contributed by atoms with Crippen molar-refractivity contribution in [1.82, 2.24) is 14.4 Å². The maximum absolute atomic E-state index is 4.26. The van der Waals surface area contributed by atoms with Gasteiger partial charge >= 0.3 is 0 Å². The van der Waals surface area contributed by atoms with Crippen molar-refractivity contribution in [3.05, 3.63) is 27.3 Å². The molecule has 0 spiro atoms. The molecular weight excluding hydrogens is 286 g/mol. The van der Waals surface area contributed by atoms with Gasteiger partial charge in [0.05, 0.1) is 5.69 Å². The second-order valence-electron chi connectivity index (χ2n) is 2.40. The van der Waals surface area contributed by atoms with E-state index in [0.29, 0.717) is 0 Å². The molecule has 2 heterocycles. The molecule has 0 fully saturated rings. The van der Waals surface area contributed by atoms with E-state index in [1.165, 1.54) is 0 Å². The molecule has 12 heavy (non-hydrogen) atoms. The zero-order valence-corrected chi connectivity index (χ0v) is 9.42. The van der Waals surface area contributed by atoms with Crippen LogP contribution in [-0.4, -0.2) is 14.4 Å². The van der Waals surface area contributed by atoms with Gasteiger partial charge in [0.15, 0.2) is 5.65 Å². The lowest BCUT2D eigenvalue weighted by Gasteiger charge is -2.02. The van der Waals surface area contributed by atoms with Crippen molar-refractivity contribution in [2.45, 2.75) is 6.92 Å². The maximum Gasteiger partial charge on any atom is 0.171 e. The van der Waals surface area contributed by atoms with E-state index in [0.717, 1.165) is 20.5 Å². The van der Waals surface area contributed by atoms with E-state index in [2.05, 4.69) is 41.8 Å². The molecule has 2 rings (SSSR count). The molecule has 0 saturated heterocycles. The predicted molar refractivity (Wildman–Crippen MR) is 53.1 cm³/mol. The predicted octanol–water partition coefficient (Wildman–Crippen LogP) is 2.56. The van der Waals surface area contributed by atoms with Crippen LogP contribution in [0.5, 0.6) is 0 Å². The van der Waals surface area contributed by atoms with Gasteiger partial charge in [-0.1, -0.05) is 0 Å². The van der Waals surface area contributed by atoms with Gasteiger partial charge < -0.3 is 0 Å². The van der Waals surface area contributed by atoms with Gasteiger partial charge in [-0.2, -0.15) is 0 Å². The number of hydrogen-bond acceptors (Lipinski definition) is 2. The summed E-state index contributed by atoms with van der Waals surface area (Å²) in [6.07, 6.45) is 3.63. The fraction of sp³-hybridized carbons (Fsp3) is 0.143. The molecule has 0 aromatic carbocycles. The number of fused-ring (bicyclic) bond motifs is 1. The van der Waals surface area contributed by atoms with Crippen LogP contribution in [0.2, 0.25) is 0 Å². The van der Waals surface area contributed by atoms with Crippen molar-refractivity contribution in [2.75, 3.05) is 0 Å². The van der Waals surface area contributed by atoms with Gasteiger partial charge in [0.1, 0.15) is 9.21 Å². The summed E-state index contributed by atoms with van der Waals surface area (Å²) in [5.41, 5.74) is 1.76. The van der Waals surface area contributed by atoms with Gasteiger partial charge in [-0.05, 0) is 38.8 Å². The second kappa shape index (κ2) is 2.81. The number of imidazole rings is 1. The van der Waals surface area contributed by atoms with Gasteiger partial charge in [-0.3, -0.25) is 4.40 Å². The third kappa shape index (κ3) is 1.08. The molecule has 0 unspecified atom stereocenters. The first-order chi connectivity index (χ1) is 5.70. The summed E-state index contributed by atoms with van der Waals surface area (Å²) >= 11 is 6.78. The molecule has 0 aliphatic rings. The maximum atomic E-state index is 4.26. The third-order valence-electron chi connectivity index (χ3n) is 1.60. The average molecular weight is 291 g/mol. The highest BCUT2D eigenvalue weighted by molar-refractivity contribution is 9.11. The zero-order valence-electron chi connectivity index (χ0n) is 6.25. The Morgan fingerprint density at radius 1 is 1.42 bits per heavy atom. The highest BCUT2D eigenvalue weighted by Gasteiger charge is 2.06. The van der Waals surface area contributed by atoms with Crippen LogP contribution in [0.3, 0.4) is 0 Å². The monoisotopic (exact) mass is 289 g/mol. The number of nitrogens with zero attached hydrogens (tertiary/aromatic N) is 3. The molecule has 3 nitrogen and oxygen atoms in total. The number of rotatable bonds is 0. The highest BCUT2D eigenvalue weighted by atomic mass is 79.9. The van der Waals surface area contributed by atoms with Gasteiger partial charge in [-0.15, -0.1) is 0 Å². The van der Waals surface area contributed by atoms with E-state index in [1.54, 1.807) is 6.20 Å². The van der Waals surface area contributed by atoms with Gasteiger partial charge in [0.2, 0.25) is 0 Å². The number of aromatic nitrogens is 3. The van der Waals surface area contributed by atoms with Crippen LogP contribution in [0.15, 0.2) is 21.6 Å². The summed E-state index contributed by atoms with van der Waals surface area (Å²) in [7, 11) is 0. The molecule has 0 radical (unpaired) electrons. The topological polar surface area (TPSA) is 30.2 Å². The van der Waals surface area contributed by atoms with Gasteiger partial charge in [0.25, 0.3) is 0 Å². The number of hydrogen-bond donors (Lipinski definition) is 0. The Labute approximate surface area is 86.1 Å². The highest BCUT2D eigenvalue weighted by Crippen LogP contribution is 2.21. The lowest BCUT2D eigenvalue weighted by atomic mass is 10.5. The smallest absolute Gasteiger partial charge is 0.171 e. The summed E-state index contributed by atoms with van der Waals surface area (Å²) in [6.45, 7) is 1.94. The van der Waals surface area contributed by atoms with Crippen LogP contribution in [-0.2, 0) is 0 Å². The second-order valence-corrected chi connectivity index (χ2v) is 3.90. The first kappa shape index (κ1) is 8.19. The number of aryl methyl sites for hydroxylation is 1. The molecule has 0 atom stereocenters. The SMILES string of the molecule is Cc1nc(Br)c2nccn2c1Br. The molecule has 2 aromatic heterocycles. The van der Waals surface area contributed by atoms with Crippen molar-refractivity contribution in [1.29, 1.82) is 0 Å². The Balaban J connectivity index is 2.97.